The zero-order valence-corrected chi connectivity index (χ0v) is 18.9. The van der Waals surface area contributed by atoms with Gasteiger partial charge < -0.3 is 15.1 Å². The Hall–Kier alpha value is -3.02. The van der Waals surface area contributed by atoms with Gasteiger partial charge in [0.15, 0.2) is 0 Å². The molecule has 0 saturated carbocycles. The zero-order valence-electron chi connectivity index (χ0n) is 18.9. The molecule has 0 unspecified atom stereocenters. The summed E-state index contributed by atoms with van der Waals surface area (Å²) in [5.41, 5.74) is 4.39. The van der Waals surface area contributed by atoms with Crippen LogP contribution in [0.25, 0.3) is 11.3 Å². The van der Waals surface area contributed by atoms with Gasteiger partial charge in [-0.2, -0.15) is 0 Å². The topological polar surface area (TPSA) is 48.5 Å². The third kappa shape index (κ3) is 5.61. The summed E-state index contributed by atoms with van der Waals surface area (Å²) in [7, 11) is 4.18. The molecule has 2 heterocycles. The molecule has 1 aliphatic rings. The molecule has 4 rings (SSSR count). The third-order valence-electron chi connectivity index (χ3n) is 6.25. The minimum atomic E-state index is -0.242. The standard InChI is InChI=1S/C27H32N4O/c1-30(2)24-15-17-31(20-24)27(32)26(18-21-8-4-3-5-9-21)29-19-22-11-13-23(14-12-22)25-10-6-7-16-28-25/h3-14,16,24,26,29H,15,17-20H2,1-2H3/t24-,26+/m0/s1. The lowest BCUT2D eigenvalue weighted by atomic mass is 10.0. The number of nitrogens with one attached hydrogen (secondary N) is 1. The van der Waals surface area contributed by atoms with Crippen LogP contribution in [0.1, 0.15) is 17.5 Å². The van der Waals surface area contributed by atoms with Gasteiger partial charge >= 0.3 is 0 Å². The average Bonchev–Trinajstić information content (AvgIpc) is 3.34. The van der Waals surface area contributed by atoms with E-state index in [4.69, 9.17) is 0 Å². The van der Waals surface area contributed by atoms with Gasteiger partial charge in [-0.05, 0) is 50.2 Å². The van der Waals surface area contributed by atoms with Crippen LogP contribution in [0, 0.1) is 0 Å². The summed E-state index contributed by atoms with van der Waals surface area (Å²) in [6, 6.07) is 24.8. The van der Waals surface area contributed by atoms with E-state index in [0.29, 0.717) is 19.0 Å². The van der Waals surface area contributed by atoms with Gasteiger partial charge in [-0.25, -0.2) is 0 Å². The fraction of sp³-hybridized carbons (Fsp3) is 0.333. The van der Waals surface area contributed by atoms with Crippen LogP contribution < -0.4 is 5.32 Å². The highest BCUT2D eigenvalue weighted by Gasteiger charge is 2.31. The van der Waals surface area contributed by atoms with Crippen LogP contribution >= 0.6 is 0 Å². The Morgan fingerprint density at radius 3 is 2.44 bits per heavy atom. The molecule has 0 radical (unpaired) electrons. The second kappa shape index (κ2) is 10.5. The van der Waals surface area contributed by atoms with E-state index in [1.165, 1.54) is 5.56 Å². The van der Waals surface area contributed by atoms with Gasteiger partial charge in [0.2, 0.25) is 5.91 Å². The summed E-state index contributed by atoms with van der Waals surface area (Å²) in [6.45, 7) is 2.28. The van der Waals surface area contributed by atoms with E-state index in [9.17, 15) is 4.79 Å². The van der Waals surface area contributed by atoms with Crippen molar-refractivity contribution in [2.24, 2.45) is 0 Å². The van der Waals surface area contributed by atoms with E-state index in [1.54, 1.807) is 0 Å². The molecule has 0 bridgehead atoms. The van der Waals surface area contributed by atoms with E-state index >= 15 is 0 Å². The number of hydrogen-bond donors (Lipinski definition) is 1. The van der Waals surface area contributed by atoms with Crippen LogP contribution in [0.15, 0.2) is 79.0 Å². The molecule has 1 saturated heterocycles. The summed E-state index contributed by atoms with van der Waals surface area (Å²) >= 11 is 0. The van der Waals surface area contributed by atoms with Crippen molar-refractivity contribution in [2.45, 2.75) is 31.5 Å². The number of hydrogen-bond acceptors (Lipinski definition) is 4. The van der Waals surface area contributed by atoms with E-state index in [2.05, 4.69) is 65.7 Å². The largest absolute Gasteiger partial charge is 0.340 e. The fourth-order valence-corrected chi connectivity index (χ4v) is 4.25. The third-order valence-corrected chi connectivity index (χ3v) is 6.25. The first-order chi connectivity index (χ1) is 15.6. The average molecular weight is 429 g/mol. The molecule has 1 aromatic heterocycles. The Morgan fingerprint density at radius 2 is 1.78 bits per heavy atom. The number of pyridine rings is 1. The number of benzene rings is 2. The second-order valence-electron chi connectivity index (χ2n) is 8.73. The Labute approximate surface area is 191 Å². The number of carbonyl (C=O) groups is 1. The molecule has 2 aromatic carbocycles. The molecule has 0 aliphatic carbocycles. The normalized spacial score (nSPS) is 17.0. The van der Waals surface area contributed by atoms with Crippen molar-refractivity contribution in [1.82, 2.24) is 20.1 Å². The highest BCUT2D eigenvalue weighted by molar-refractivity contribution is 5.82. The highest BCUT2D eigenvalue weighted by Crippen LogP contribution is 2.18. The number of carbonyl (C=O) groups excluding carboxylic acids is 1. The molecule has 1 aliphatic heterocycles. The summed E-state index contributed by atoms with van der Waals surface area (Å²) in [5.74, 6) is 0.198. The lowest BCUT2D eigenvalue weighted by Crippen LogP contribution is -2.47. The lowest BCUT2D eigenvalue weighted by molar-refractivity contribution is -0.132. The number of amides is 1. The second-order valence-corrected chi connectivity index (χ2v) is 8.73. The molecule has 2 atom stereocenters. The van der Waals surface area contributed by atoms with Crippen LogP contribution in [-0.4, -0.2) is 60.0 Å². The molecule has 5 heteroatoms. The van der Waals surface area contributed by atoms with Crippen LogP contribution in [-0.2, 0) is 17.8 Å². The van der Waals surface area contributed by atoms with Gasteiger partial charge in [-0.1, -0.05) is 60.7 Å². The van der Waals surface area contributed by atoms with Gasteiger partial charge in [-0.3, -0.25) is 9.78 Å². The first-order valence-electron chi connectivity index (χ1n) is 11.3. The van der Waals surface area contributed by atoms with Crippen LogP contribution in [0.4, 0.5) is 0 Å². The highest BCUT2D eigenvalue weighted by atomic mass is 16.2. The molecular weight excluding hydrogens is 396 g/mol. The summed E-state index contributed by atoms with van der Waals surface area (Å²) in [4.78, 5) is 22.1. The number of likely N-dealkylation sites (tertiary alicyclic amines) is 1. The molecular formula is C27H32N4O. The smallest absolute Gasteiger partial charge is 0.240 e. The van der Waals surface area contributed by atoms with Crippen molar-refractivity contribution in [3.8, 4) is 11.3 Å². The number of rotatable bonds is 8. The molecule has 1 amide bonds. The molecule has 3 aromatic rings. The first-order valence-corrected chi connectivity index (χ1v) is 11.3. The van der Waals surface area contributed by atoms with Gasteiger partial charge in [0, 0.05) is 37.4 Å². The monoisotopic (exact) mass is 428 g/mol. The van der Waals surface area contributed by atoms with E-state index in [0.717, 1.165) is 36.3 Å². The Bertz CT molecular complexity index is 989. The van der Waals surface area contributed by atoms with E-state index < -0.39 is 0 Å². The quantitative estimate of drug-likeness (QED) is 0.596. The van der Waals surface area contributed by atoms with Crippen molar-refractivity contribution >= 4 is 5.91 Å². The Balaban J connectivity index is 1.43. The number of aromatic nitrogens is 1. The van der Waals surface area contributed by atoms with Crippen molar-refractivity contribution in [3.63, 3.8) is 0 Å². The molecule has 1 fully saturated rings. The predicted octanol–water partition coefficient (Wildman–Crippen LogP) is 3.61. The van der Waals surface area contributed by atoms with Gasteiger partial charge in [0.1, 0.15) is 0 Å². The van der Waals surface area contributed by atoms with Crippen molar-refractivity contribution in [2.75, 3.05) is 27.2 Å². The molecule has 166 valence electrons. The van der Waals surface area contributed by atoms with Gasteiger partial charge in [0.25, 0.3) is 0 Å². The Morgan fingerprint density at radius 1 is 1.03 bits per heavy atom. The number of likely N-dealkylation sites (N-methyl/N-ethyl adjacent to an activating group) is 1. The molecule has 0 spiro atoms. The maximum Gasteiger partial charge on any atom is 0.240 e. The molecule has 32 heavy (non-hydrogen) atoms. The fourth-order valence-electron chi connectivity index (χ4n) is 4.25. The van der Waals surface area contributed by atoms with Gasteiger partial charge in [0.05, 0.1) is 11.7 Å². The summed E-state index contributed by atoms with van der Waals surface area (Å²) < 4.78 is 0. The van der Waals surface area contributed by atoms with Crippen molar-refractivity contribution in [3.05, 3.63) is 90.1 Å². The summed E-state index contributed by atoms with van der Waals surface area (Å²) in [5, 5.41) is 3.54. The minimum absolute atomic E-state index is 0.198. The maximum absolute atomic E-state index is 13.4. The van der Waals surface area contributed by atoms with E-state index in [-0.39, 0.29) is 11.9 Å². The summed E-state index contributed by atoms with van der Waals surface area (Å²) in [6.07, 6.45) is 3.53. The van der Waals surface area contributed by atoms with Crippen LogP contribution in [0.2, 0.25) is 0 Å². The van der Waals surface area contributed by atoms with Gasteiger partial charge in [-0.15, -0.1) is 0 Å². The maximum atomic E-state index is 13.4. The zero-order chi connectivity index (χ0) is 22.3. The predicted molar refractivity (Wildman–Crippen MR) is 129 cm³/mol. The SMILES string of the molecule is CN(C)[C@H]1CCN(C(=O)[C@@H](Cc2ccccc2)NCc2ccc(-c3ccccn3)cc2)C1. The van der Waals surface area contributed by atoms with Crippen molar-refractivity contribution in [1.29, 1.82) is 0 Å². The number of nitrogens with zero attached hydrogens (tertiary/aromatic N) is 3. The molecule has 5 nitrogen and oxygen atoms in total. The molecule has 1 N–H and O–H groups in total. The minimum Gasteiger partial charge on any atom is -0.340 e. The van der Waals surface area contributed by atoms with Crippen molar-refractivity contribution < 1.29 is 4.79 Å². The Kier molecular flexibility index (Phi) is 7.30. The first kappa shape index (κ1) is 22.2. The lowest BCUT2D eigenvalue weighted by Gasteiger charge is -2.26. The van der Waals surface area contributed by atoms with Crippen LogP contribution in [0.3, 0.4) is 0 Å². The van der Waals surface area contributed by atoms with Crippen LogP contribution in [0.5, 0.6) is 0 Å². The van der Waals surface area contributed by atoms with E-state index in [1.807, 2.05) is 47.5 Å².